The lowest BCUT2D eigenvalue weighted by Gasteiger charge is -2.30. The summed E-state index contributed by atoms with van der Waals surface area (Å²) in [7, 11) is 0. The third-order valence-corrected chi connectivity index (χ3v) is 3.57. The van der Waals surface area contributed by atoms with Crippen molar-refractivity contribution in [3.05, 3.63) is 23.9 Å². The Labute approximate surface area is 115 Å². The molecule has 1 rings (SSSR count). The molecular formula is C15H25N3O. The first-order chi connectivity index (χ1) is 9.09. The summed E-state index contributed by atoms with van der Waals surface area (Å²) in [5.74, 6) is 0.637. The molecule has 0 unspecified atom stereocenters. The third kappa shape index (κ3) is 3.77. The van der Waals surface area contributed by atoms with Crippen molar-refractivity contribution >= 4 is 11.7 Å². The lowest BCUT2D eigenvalue weighted by Crippen LogP contribution is -2.42. The lowest BCUT2D eigenvalue weighted by atomic mass is 9.78. The zero-order valence-corrected chi connectivity index (χ0v) is 12.2. The molecule has 0 aliphatic rings. The Bertz CT molecular complexity index is 412. The number of hydrogen-bond acceptors (Lipinski definition) is 3. The minimum Gasteiger partial charge on any atom is -0.329 e. The first-order valence-corrected chi connectivity index (χ1v) is 7.02. The van der Waals surface area contributed by atoms with E-state index in [-0.39, 0.29) is 5.91 Å². The van der Waals surface area contributed by atoms with Gasteiger partial charge in [0.2, 0.25) is 5.91 Å². The van der Waals surface area contributed by atoms with Crippen molar-refractivity contribution in [2.24, 2.45) is 11.1 Å². The number of carbonyl (C=O) groups excluding carboxylic acids is 1. The highest BCUT2D eigenvalue weighted by atomic mass is 16.2. The summed E-state index contributed by atoms with van der Waals surface area (Å²) in [6.45, 7) is 6.48. The van der Waals surface area contributed by atoms with Gasteiger partial charge in [0.05, 0.1) is 5.41 Å². The van der Waals surface area contributed by atoms with Gasteiger partial charge in [-0.15, -0.1) is 0 Å². The molecule has 0 spiro atoms. The minimum atomic E-state index is -0.465. The average Bonchev–Trinajstić information content (AvgIpc) is 2.41. The Balaban J connectivity index is 2.91. The Kier molecular flexibility index (Phi) is 5.96. The highest BCUT2D eigenvalue weighted by molar-refractivity contribution is 5.95. The number of rotatable bonds is 7. The quantitative estimate of drug-likeness (QED) is 0.794. The molecule has 3 N–H and O–H groups in total. The molecule has 0 bridgehead atoms. The molecule has 0 radical (unpaired) electrons. The molecule has 1 heterocycles. The van der Waals surface area contributed by atoms with E-state index in [1.165, 1.54) is 0 Å². The number of anilines is 1. The molecule has 19 heavy (non-hydrogen) atoms. The zero-order valence-electron chi connectivity index (χ0n) is 12.2. The molecule has 4 nitrogen and oxygen atoms in total. The summed E-state index contributed by atoms with van der Waals surface area (Å²) >= 11 is 0. The van der Waals surface area contributed by atoms with Crippen LogP contribution in [0, 0.1) is 12.3 Å². The van der Waals surface area contributed by atoms with Crippen LogP contribution < -0.4 is 11.1 Å². The topological polar surface area (TPSA) is 68.0 Å². The second kappa shape index (κ2) is 7.24. The van der Waals surface area contributed by atoms with Gasteiger partial charge in [-0.1, -0.05) is 32.8 Å². The largest absolute Gasteiger partial charge is 0.329 e. The van der Waals surface area contributed by atoms with Crippen LogP contribution in [0.4, 0.5) is 5.82 Å². The van der Waals surface area contributed by atoms with Gasteiger partial charge in [-0.2, -0.15) is 0 Å². The molecule has 0 saturated carbocycles. The van der Waals surface area contributed by atoms with Crippen molar-refractivity contribution in [2.45, 2.75) is 46.5 Å². The van der Waals surface area contributed by atoms with Crippen LogP contribution >= 0.6 is 0 Å². The Morgan fingerprint density at radius 3 is 2.47 bits per heavy atom. The van der Waals surface area contributed by atoms with Crippen LogP contribution in [0.1, 0.15) is 45.1 Å². The van der Waals surface area contributed by atoms with E-state index in [2.05, 4.69) is 24.1 Å². The third-order valence-electron chi connectivity index (χ3n) is 3.57. The highest BCUT2D eigenvalue weighted by Gasteiger charge is 2.35. The molecule has 0 aliphatic heterocycles. The van der Waals surface area contributed by atoms with E-state index < -0.39 is 5.41 Å². The van der Waals surface area contributed by atoms with Crippen molar-refractivity contribution in [3.8, 4) is 0 Å². The fourth-order valence-electron chi connectivity index (χ4n) is 2.46. The minimum absolute atomic E-state index is 0.000463. The average molecular weight is 263 g/mol. The van der Waals surface area contributed by atoms with Crippen LogP contribution in [0.3, 0.4) is 0 Å². The van der Waals surface area contributed by atoms with Crippen molar-refractivity contribution in [3.63, 3.8) is 0 Å². The van der Waals surface area contributed by atoms with Crippen LogP contribution in [0.25, 0.3) is 0 Å². The van der Waals surface area contributed by atoms with Crippen molar-refractivity contribution in [1.29, 1.82) is 0 Å². The normalized spacial score (nSPS) is 11.4. The van der Waals surface area contributed by atoms with Gasteiger partial charge in [0.1, 0.15) is 5.82 Å². The lowest BCUT2D eigenvalue weighted by molar-refractivity contribution is -0.126. The van der Waals surface area contributed by atoms with Gasteiger partial charge in [-0.3, -0.25) is 4.79 Å². The number of aromatic nitrogens is 1. The van der Waals surface area contributed by atoms with Crippen LogP contribution in [-0.4, -0.2) is 17.4 Å². The smallest absolute Gasteiger partial charge is 0.233 e. The number of carbonyl (C=O) groups is 1. The van der Waals surface area contributed by atoms with Crippen LogP contribution in [0.15, 0.2) is 18.3 Å². The standard InChI is InChI=1S/C15H25N3O/c1-4-8-15(11-16,9-5-2)14(19)18-13-12(3)7-6-10-17-13/h6-7,10H,4-5,8-9,11,16H2,1-3H3,(H,17,18,19). The molecule has 1 aromatic rings. The van der Waals surface area contributed by atoms with Crippen molar-refractivity contribution in [2.75, 3.05) is 11.9 Å². The maximum absolute atomic E-state index is 12.6. The van der Waals surface area contributed by atoms with E-state index in [9.17, 15) is 4.79 Å². The fraction of sp³-hybridized carbons (Fsp3) is 0.600. The van der Waals surface area contributed by atoms with Gasteiger partial charge in [-0.25, -0.2) is 4.98 Å². The van der Waals surface area contributed by atoms with Gasteiger partial charge in [0.15, 0.2) is 0 Å². The number of nitrogens with one attached hydrogen (secondary N) is 1. The first-order valence-electron chi connectivity index (χ1n) is 7.02. The maximum Gasteiger partial charge on any atom is 0.233 e. The summed E-state index contributed by atoms with van der Waals surface area (Å²) in [4.78, 5) is 16.8. The number of pyridine rings is 1. The number of nitrogens with two attached hydrogens (primary N) is 1. The molecule has 0 fully saturated rings. The molecule has 0 aliphatic carbocycles. The predicted octanol–water partition coefficient (Wildman–Crippen LogP) is 2.87. The van der Waals surface area contributed by atoms with Crippen molar-refractivity contribution < 1.29 is 4.79 Å². The number of nitrogens with zero attached hydrogens (tertiary/aromatic N) is 1. The molecule has 0 aromatic carbocycles. The summed E-state index contributed by atoms with van der Waals surface area (Å²) in [5.41, 5.74) is 6.39. The van der Waals surface area contributed by atoms with Gasteiger partial charge >= 0.3 is 0 Å². The van der Waals surface area contributed by atoms with Gasteiger partial charge in [0, 0.05) is 12.7 Å². The zero-order chi connectivity index (χ0) is 14.3. The van der Waals surface area contributed by atoms with Gasteiger partial charge < -0.3 is 11.1 Å². The Morgan fingerprint density at radius 1 is 1.37 bits per heavy atom. The number of hydrogen-bond donors (Lipinski definition) is 2. The Hall–Kier alpha value is -1.42. The SMILES string of the molecule is CCCC(CN)(CCC)C(=O)Nc1ncccc1C. The van der Waals surface area contributed by atoms with E-state index in [1.54, 1.807) is 6.20 Å². The van der Waals surface area contributed by atoms with Crippen LogP contribution in [0.2, 0.25) is 0 Å². The molecule has 4 heteroatoms. The van der Waals surface area contributed by atoms with Crippen LogP contribution in [-0.2, 0) is 4.79 Å². The van der Waals surface area contributed by atoms with E-state index in [0.29, 0.717) is 12.4 Å². The summed E-state index contributed by atoms with van der Waals surface area (Å²) < 4.78 is 0. The molecule has 0 saturated heterocycles. The summed E-state index contributed by atoms with van der Waals surface area (Å²) in [6.07, 6.45) is 5.22. The van der Waals surface area contributed by atoms with Crippen LogP contribution in [0.5, 0.6) is 0 Å². The Morgan fingerprint density at radius 2 is 2.00 bits per heavy atom. The second-order valence-corrected chi connectivity index (χ2v) is 5.11. The fourth-order valence-corrected chi connectivity index (χ4v) is 2.46. The first kappa shape index (κ1) is 15.6. The maximum atomic E-state index is 12.6. The molecule has 1 amide bonds. The summed E-state index contributed by atoms with van der Waals surface area (Å²) in [5, 5.41) is 2.94. The van der Waals surface area contributed by atoms with E-state index in [0.717, 1.165) is 31.2 Å². The monoisotopic (exact) mass is 263 g/mol. The molecule has 106 valence electrons. The number of aryl methyl sites for hydroxylation is 1. The summed E-state index contributed by atoms with van der Waals surface area (Å²) in [6, 6.07) is 3.80. The predicted molar refractivity (Wildman–Crippen MR) is 78.9 cm³/mol. The highest BCUT2D eigenvalue weighted by Crippen LogP contribution is 2.30. The number of amides is 1. The second-order valence-electron chi connectivity index (χ2n) is 5.11. The molecule has 1 aromatic heterocycles. The van der Waals surface area contributed by atoms with E-state index >= 15 is 0 Å². The van der Waals surface area contributed by atoms with Gasteiger partial charge in [-0.05, 0) is 31.4 Å². The van der Waals surface area contributed by atoms with Gasteiger partial charge in [0.25, 0.3) is 0 Å². The molecule has 0 atom stereocenters. The molecular weight excluding hydrogens is 238 g/mol. The van der Waals surface area contributed by atoms with E-state index in [1.807, 2.05) is 19.1 Å². The van der Waals surface area contributed by atoms with Crippen molar-refractivity contribution in [1.82, 2.24) is 4.98 Å². The van der Waals surface area contributed by atoms with E-state index in [4.69, 9.17) is 5.73 Å².